The lowest BCUT2D eigenvalue weighted by Gasteiger charge is -2.19. The number of nitrogens with one attached hydrogen (secondary N) is 1. The van der Waals surface area contributed by atoms with Gasteiger partial charge in [-0.25, -0.2) is 0 Å². The SMILES string of the molecule is CC1(C)CCC(CNCc2ccccc2Br)O1. The lowest BCUT2D eigenvalue weighted by molar-refractivity contribution is -0.0142. The summed E-state index contributed by atoms with van der Waals surface area (Å²) in [5.74, 6) is 0. The largest absolute Gasteiger partial charge is 0.371 e. The van der Waals surface area contributed by atoms with E-state index in [1.54, 1.807) is 0 Å². The predicted molar refractivity (Wildman–Crippen MR) is 74.0 cm³/mol. The van der Waals surface area contributed by atoms with Crippen LogP contribution >= 0.6 is 15.9 Å². The van der Waals surface area contributed by atoms with Gasteiger partial charge in [0.25, 0.3) is 0 Å². The van der Waals surface area contributed by atoms with Crippen molar-refractivity contribution < 1.29 is 4.74 Å². The fraction of sp³-hybridized carbons (Fsp3) is 0.571. The zero-order chi connectivity index (χ0) is 12.3. The van der Waals surface area contributed by atoms with Crippen molar-refractivity contribution in [3.63, 3.8) is 0 Å². The average Bonchev–Trinajstić information content (AvgIpc) is 2.61. The molecule has 1 aromatic rings. The highest BCUT2D eigenvalue weighted by Crippen LogP contribution is 2.28. The second-order valence-corrected chi connectivity index (χ2v) is 6.11. The van der Waals surface area contributed by atoms with Gasteiger partial charge in [0, 0.05) is 17.6 Å². The summed E-state index contributed by atoms with van der Waals surface area (Å²) in [7, 11) is 0. The van der Waals surface area contributed by atoms with Crippen molar-refractivity contribution in [2.45, 2.75) is 44.9 Å². The Morgan fingerprint density at radius 3 is 2.82 bits per heavy atom. The molecule has 1 atom stereocenters. The molecule has 1 aliphatic rings. The summed E-state index contributed by atoms with van der Waals surface area (Å²) in [6.45, 7) is 6.16. The molecule has 1 heterocycles. The summed E-state index contributed by atoms with van der Waals surface area (Å²) in [4.78, 5) is 0. The maximum absolute atomic E-state index is 5.94. The van der Waals surface area contributed by atoms with Crippen molar-refractivity contribution in [2.24, 2.45) is 0 Å². The van der Waals surface area contributed by atoms with Gasteiger partial charge in [0.2, 0.25) is 0 Å². The Kier molecular flexibility index (Phi) is 4.23. The Morgan fingerprint density at radius 2 is 2.18 bits per heavy atom. The van der Waals surface area contributed by atoms with E-state index in [0.717, 1.165) is 25.9 Å². The molecule has 0 aliphatic carbocycles. The number of hydrogen-bond acceptors (Lipinski definition) is 2. The summed E-state index contributed by atoms with van der Waals surface area (Å²) in [5, 5.41) is 3.47. The molecule has 1 N–H and O–H groups in total. The Morgan fingerprint density at radius 1 is 1.41 bits per heavy atom. The average molecular weight is 298 g/mol. The first kappa shape index (κ1) is 13.1. The maximum atomic E-state index is 5.94. The van der Waals surface area contributed by atoms with E-state index in [1.165, 1.54) is 10.0 Å². The lowest BCUT2D eigenvalue weighted by Crippen LogP contribution is -2.29. The third kappa shape index (κ3) is 3.80. The molecule has 0 radical (unpaired) electrons. The molecule has 1 fully saturated rings. The molecule has 0 aromatic heterocycles. The lowest BCUT2D eigenvalue weighted by atomic mass is 10.1. The summed E-state index contributed by atoms with van der Waals surface area (Å²) in [5.41, 5.74) is 1.37. The van der Waals surface area contributed by atoms with E-state index < -0.39 is 0 Å². The van der Waals surface area contributed by atoms with Crippen LogP contribution in [0, 0.1) is 0 Å². The van der Waals surface area contributed by atoms with E-state index in [-0.39, 0.29) is 5.60 Å². The van der Waals surface area contributed by atoms with Gasteiger partial charge in [-0.2, -0.15) is 0 Å². The minimum absolute atomic E-state index is 0.0691. The van der Waals surface area contributed by atoms with Crippen molar-refractivity contribution in [3.8, 4) is 0 Å². The summed E-state index contributed by atoms with van der Waals surface area (Å²) in [6.07, 6.45) is 2.69. The number of halogens is 1. The van der Waals surface area contributed by atoms with Crippen LogP contribution < -0.4 is 5.32 Å². The van der Waals surface area contributed by atoms with Gasteiger partial charge >= 0.3 is 0 Å². The second kappa shape index (κ2) is 5.51. The highest BCUT2D eigenvalue weighted by atomic mass is 79.9. The van der Waals surface area contributed by atoms with Crippen LogP contribution in [0.1, 0.15) is 32.3 Å². The van der Waals surface area contributed by atoms with E-state index in [1.807, 2.05) is 6.07 Å². The molecule has 1 saturated heterocycles. The van der Waals surface area contributed by atoms with Crippen LogP contribution in [0.15, 0.2) is 28.7 Å². The predicted octanol–water partition coefficient (Wildman–Crippen LogP) is 3.50. The molecule has 0 amide bonds. The van der Waals surface area contributed by atoms with Crippen LogP contribution in [0.2, 0.25) is 0 Å². The van der Waals surface area contributed by atoms with Gasteiger partial charge < -0.3 is 10.1 Å². The number of benzene rings is 1. The van der Waals surface area contributed by atoms with Gasteiger partial charge in [-0.15, -0.1) is 0 Å². The van der Waals surface area contributed by atoms with Crippen LogP contribution in [0.3, 0.4) is 0 Å². The molecule has 2 rings (SSSR count). The van der Waals surface area contributed by atoms with Crippen LogP contribution in [0.25, 0.3) is 0 Å². The Balaban J connectivity index is 1.76. The van der Waals surface area contributed by atoms with Gasteiger partial charge in [0.05, 0.1) is 11.7 Å². The number of rotatable bonds is 4. The van der Waals surface area contributed by atoms with Crippen molar-refractivity contribution in [1.82, 2.24) is 5.32 Å². The van der Waals surface area contributed by atoms with Crippen molar-refractivity contribution in [1.29, 1.82) is 0 Å². The van der Waals surface area contributed by atoms with Crippen molar-refractivity contribution >= 4 is 15.9 Å². The van der Waals surface area contributed by atoms with Gasteiger partial charge in [-0.1, -0.05) is 34.1 Å². The van der Waals surface area contributed by atoms with Crippen LogP contribution in [0.4, 0.5) is 0 Å². The second-order valence-electron chi connectivity index (χ2n) is 5.26. The molecule has 1 aliphatic heterocycles. The van der Waals surface area contributed by atoms with E-state index in [0.29, 0.717) is 6.10 Å². The Hall–Kier alpha value is -0.380. The monoisotopic (exact) mass is 297 g/mol. The van der Waals surface area contributed by atoms with Crippen LogP contribution in [0.5, 0.6) is 0 Å². The normalized spacial score (nSPS) is 22.9. The van der Waals surface area contributed by atoms with Crippen LogP contribution in [-0.2, 0) is 11.3 Å². The zero-order valence-corrected chi connectivity index (χ0v) is 12.1. The van der Waals surface area contributed by atoms with Gasteiger partial charge in [-0.05, 0) is 38.3 Å². The van der Waals surface area contributed by atoms with Crippen molar-refractivity contribution in [2.75, 3.05) is 6.54 Å². The molecule has 1 unspecified atom stereocenters. The maximum Gasteiger partial charge on any atom is 0.0707 e. The first-order valence-corrected chi connectivity index (χ1v) is 6.98. The van der Waals surface area contributed by atoms with E-state index in [4.69, 9.17) is 4.74 Å². The van der Waals surface area contributed by atoms with E-state index in [2.05, 4.69) is 53.3 Å². The minimum Gasteiger partial charge on any atom is -0.371 e. The molecule has 2 nitrogen and oxygen atoms in total. The molecule has 94 valence electrons. The summed E-state index contributed by atoms with van der Waals surface area (Å²) >= 11 is 3.56. The third-order valence-corrected chi connectivity index (χ3v) is 3.97. The zero-order valence-electron chi connectivity index (χ0n) is 10.5. The first-order valence-electron chi connectivity index (χ1n) is 6.19. The topological polar surface area (TPSA) is 21.3 Å². The highest BCUT2D eigenvalue weighted by molar-refractivity contribution is 9.10. The minimum atomic E-state index is 0.0691. The van der Waals surface area contributed by atoms with E-state index in [9.17, 15) is 0 Å². The first-order chi connectivity index (χ1) is 8.07. The molecule has 17 heavy (non-hydrogen) atoms. The summed E-state index contributed by atoms with van der Waals surface area (Å²) < 4.78 is 7.11. The Bertz CT molecular complexity index is 378. The van der Waals surface area contributed by atoms with Crippen molar-refractivity contribution in [3.05, 3.63) is 34.3 Å². The third-order valence-electron chi connectivity index (χ3n) is 3.20. The standard InChI is InChI=1S/C14H20BrNO/c1-14(2)8-7-12(17-14)10-16-9-11-5-3-4-6-13(11)15/h3-6,12,16H,7-10H2,1-2H3. The van der Waals surface area contributed by atoms with E-state index >= 15 is 0 Å². The number of hydrogen-bond donors (Lipinski definition) is 1. The molecule has 1 aromatic carbocycles. The fourth-order valence-corrected chi connectivity index (χ4v) is 2.66. The molecule has 0 saturated carbocycles. The molecular formula is C14H20BrNO. The fourth-order valence-electron chi connectivity index (χ4n) is 2.23. The quantitative estimate of drug-likeness (QED) is 0.918. The van der Waals surface area contributed by atoms with Gasteiger partial charge in [0.15, 0.2) is 0 Å². The smallest absolute Gasteiger partial charge is 0.0707 e. The summed E-state index contributed by atoms with van der Waals surface area (Å²) in [6, 6.07) is 8.32. The molecular weight excluding hydrogens is 278 g/mol. The Labute approximate surface area is 112 Å². The molecule has 0 spiro atoms. The van der Waals surface area contributed by atoms with Gasteiger partial charge in [0.1, 0.15) is 0 Å². The molecule has 3 heteroatoms. The van der Waals surface area contributed by atoms with Crippen LogP contribution in [-0.4, -0.2) is 18.2 Å². The highest BCUT2D eigenvalue weighted by Gasteiger charge is 2.31. The number of ether oxygens (including phenoxy) is 1. The van der Waals surface area contributed by atoms with Gasteiger partial charge in [-0.3, -0.25) is 0 Å². The molecule has 0 bridgehead atoms.